The van der Waals surface area contributed by atoms with Crippen LogP contribution in [0.3, 0.4) is 0 Å². The maximum Gasteiger partial charge on any atom is 0.328 e. The minimum absolute atomic E-state index is 0.0970. The zero-order valence-electron chi connectivity index (χ0n) is 12.9. The Labute approximate surface area is 126 Å². The third-order valence-electron chi connectivity index (χ3n) is 3.27. The molecular formula is C13H18N6O3. The van der Waals surface area contributed by atoms with Gasteiger partial charge in [0.05, 0.1) is 6.54 Å². The first-order valence-electron chi connectivity index (χ1n) is 6.75. The normalized spacial score (nSPS) is 11.0. The van der Waals surface area contributed by atoms with E-state index in [1.54, 1.807) is 13.4 Å². The number of rotatable bonds is 4. The van der Waals surface area contributed by atoms with Crippen LogP contribution in [0.4, 0.5) is 0 Å². The van der Waals surface area contributed by atoms with Gasteiger partial charge in [0.2, 0.25) is 0 Å². The monoisotopic (exact) mass is 306 g/mol. The minimum Gasteiger partial charge on any atom is -0.334 e. The maximum absolute atomic E-state index is 12.4. The smallest absolute Gasteiger partial charge is 0.328 e. The van der Waals surface area contributed by atoms with Crippen LogP contribution < -0.4 is 11.2 Å². The zero-order valence-corrected chi connectivity index (χ0v) is 12.9. The standard InChI is InChI=1S/C13H18N6O3/c1-8(2)19-7-14-16-10(19)6-17(3)12(21)9-5-18(4)13(22)15-11(9)20/h5,7-8H,6H2,1-4H3,(H,15,20,22). The second-order valence-electron chi connectivity index (χ2n) is 5.32. The molecule has 2 aromatic heterocycles. The lowest BCUT2D eigenvalue weighted by atomic mass is 10.3. The summed E-state index contributed by atoms with van der Waals surface area (Å²) in [6.07, 6.45) is 2.82. The van der Waals surface area contributed by atoms with E-state index in [9.17, 15) is 14.4 Å². The van der Waals surface area contributed by atoms with Gasteiger partial charge in [-0.1, -0.05) is 0 Å². The highest BCUT2D eigenvalue weighted by molar-refractivity contribution is 5.93. The number of nitrogens with zero attached hydrogens (tertiary/aromatic N) is 5. The molecule has 22 heavy (non-hydrogen) atoms. The van der Waals surface area contributed by atoms with Gasteiger partial charge in [-0.25, -0.2) is 4.79 Å². The predicted molar refractivity (Wildman–Crippen MR) is 78.5 cm³/mol. The van der Waals surface area contributed by atoms with Crippen LogP contribution in [0.25, 0.3) is 0 Å². The number of carbonyl (C=O) groups excluding carboxylic acids is 1. The van der Waals surface area contributed by atoms with Crippen molar-refractivity contribution in [2.24, 2.45) is 7.05 Å². The molecule has 2 aromatic rings. The molecule has 2 heterocycles. The molecule has 9 heteroatoms. The molecule has 1 amide bonds. The van der Waals surface area contributed by atoms with Gasteiger partial charge in [-0.05, 0) is 13.8 Å². The van der Waals surface area contributed by atoms with Gasteiger partial charge in [-0.2, -0.15) is 0 Å². The van der Waals surface area contributed by atoms with Gasteiger partial charge < -0.3 is 14.0 Å². The topological polar surface area (TPSA) is 106 Å². The summed E-state index contributed by atoms with van der Waals surface area (Å²) >= 11 is 0. The van der Waals surface area contributed by atoms with Gasteiger partial charge >= 0.3 is 5.69 Å². The fourth-order valence-corrected chi connectivity index (χ4v) is 2.02. The summed E-state index contributed by atoms with van der Waals surface area (Å²) in [5, 5.41) is 7.82. The Kier molecular flexibility index (Phi) is 4.25. The highest BCUT2D eigenvalue weighted by Gasteiger charge is 2.19. The van der Waals surface area contributed by atoms with Crippen molar-refractivity contribution in [3.8, 4) is 0 Å². The van der Waals surface area contributed by atoms with Crippen LogP contribution in [0, 0.1) is 0 Å². The number of aromatic nitrogens is 5. The van der Waals surface area contributed by atoms with Gasteiger partial charge in [0.25, 0.3) is 11.5 Å². The van der Waals surface area contributed by atoms with Crippen LogP contribution in [0.15, 0.2) is 22.1 Å². The van der Waals surface area contributed by atoms with Gasteiger partial charge in [-0.15, -0.1) is 10.2 Å². The Morgan fingerprint density at radius 1 is 1.41 bits per heavy atom. The Hall–Kier alpha value is -2.71. The van der Waals surface area contributed by atoms with Gasteiger partial charge in [0, 0.05) is 26.3 Å². The fraction of sp³-hybridized carbons (Fsp3) is 0.462. The molecule has 0 unspecified atom stereocenters. The van der Waals surface area contributed by atoms with E-state index in [4.69, 9.17) is 0 Å². The number of hydrogen-bond donors (Lipinski definition) is 1. The van der Waals surface area contributed by atoms with Crippen LogP contribution >= 0.6 is 0 Å². The Morgan fingerprint density at radius 2 is 2.09 bits per heavy atom. The number of H-pyrrole nitrogens is 1. The van der Waals surface area contributed by atoms with Crippen molar-refractivity contribution in [2.45, 2.75) is 26.4 Å². The van der Waals surface area contributed by atoms with E-state index in [0.29, 0.717) is 5.82 Å². The molecular weight excluding hydrogens is 288 g/mol. The van der Waals surface area contributed by atoms with Crippen LogP contribution in [0.1, 0.15) is 36.1 Å². The molecule has 0 bridgehead atoms. The van der Waals surface area contributed by atoms with E-state index in [0.717, 1.165) is 4.57 Å². The first kappa shape index (κ1) is 15.7. The third-order valence-corrected chi connectivity index (χ3v) is 3.27. The number of nitrogens with one attached hydrogen (secondary N) is 1. The third kappa shape index (κ3) is 2.97. The van der Waals surface area contributed by atoms with Crippen molar-refractivity contribution in [1.82, 2.24) is 29.2 Å². The van der Waals surface area contributed by atoms with E-state index < -0.39 is 17.2 Å². The summed E-state index contributed by atoms with van der Waals surface area (Å²) in [4.78, 5) is 38.9. The van der Waals surface area contributed by atoms with Crippen molar-refractivity contribution in [2.75, 3.05) is 7.05 Å². The molecule has 1 N–H and O–H groups in total. The van der Waals surface area contributed by atoms with Crippen molar-refractivity contribution in [3.63, 3.8) is 0 Å². The number of aryl methyl sites for hydroxylation is 1. The van der Waals surface area contributed by atoms with Crippen molar-refractivity contribution >= 4 is 5.91 Å². The lowest BCUT2D eigenvalue weighted by Gasteiger charge is -2.18. The van der Waals surface area contributed by atoms with Crippen molar-refractivity contribution in [1.29, 1.82) is 0 Å². The molecule has 0 aliphatic carbocycles. The molecule has 118 valence electrons. The molecule has 0 aliphatic heterocycles. The van der Waals surface area contributed by atoms with E-state index in [2.05, 4.69) is 15.2 Å². The lowest BCUT2D eigenvalue weighted by Crippen LogP contribution is -2.37. The summed E-state index contributed by atoms with van der Waals surface area (Å²) in [7, 11) is 3.02. The molecule has 0 atom stereocenters. The number of carbonyl (C=O) groups is 1. The average Bonchev–Trinajstić information content (AvgIpc) is 2.90. The number of amides is 1. The summed E-state index contributed by atoms with van der Waals surface area (Å²) in [5.74, 6) is 0.127. The molecule has 9 nitrogen and oxygen atoms in total. The Morgan fingerprint density at radius 3 is 2.73 bits per heavy atom. The van der Waals surface area contributed by atoms with Gasteiger partial charge in [-0.3, -0.25) is 14.6 Å². The molecule has 2 rings (SSSR count). The van der Waals surface area contributed by atoms with Crippen molar-refractivity contribution in [3.05, 3.63) is 44.8 Å². The van der Waals surface area contributed by atoms with Crippen LogP contribution in [-0.2, 0) is 13.6 Å². The SMILES string of the molecule is CC(C)n1cnnc1CN(C)C(=O)c1cn(C)c(=O)[nH]c1=O. The number of hydrogen-bond acceptors (Lipinski definition) is 5. The fourth-order valence-electron chi connectivity index (χ4n) is 2.02. The molecule has 0 saturated carbocycles. The number of aromatic amines is 1. The summed E-state index contributed by atoms with van der Waals surface area (Å²) in [6, 6.07) is 0.162. The summed E-state index contributed by atoms with van der Waals surface area (Å²) in [6.45, 7) is 4.16. The Balaban J connectivity index is 2.26. The second kappa shape index (κ2) is 5.96. The molecule has 0 saturated heterocycles. The maximum atomic E-state index is 12.4. The quantitative estimate of drug-likeness (QED) is 0.821. The van der Waals surface area contributed by atoms with Crippen LogP contribution in [0.5, 0.6) is 0 Å². The first-order chi connectivity index (χ1) is 10.3. The molecule has 0 spiro atoms. The van der Waals surface area contributed by atoms with Crippen LogP contribution in [0.2, 0.25) is 0 Å². The van der Waals surface area contributed by atoms with E-state index in [1.807, 2.05) is 18.4 Å². The Bertz CT molecular complexity index is 801. The van der Waals surface area contributed by atoms with Crippen molar-refractivity contribution < 1.29 is 4.79 Å². The first-order valence-corrected chi connectivity index (χ1v) is 6.75. The van der Waals surface area contributed by atoms with Gasteiger partial charge in [0.1, 0.15) is 11.9 Å². The summed E-state index contributed by atoms with van der Waals surface area (Å²) in [5.41, 5.74) is -1.37. The van der Waals surface area contributed by atoms with E-state index in [1.165, 1.54) is 18.1 Å². The predicted octanol–water partition coefficient (Wildman–Crippen LogP) is -0.482. The highest BCUT2D eigenvalue weighted by Crippen LogP contribution is 2.09. The average molecular weight is 306 g/mol. The summed E-state index contributed by atoms with van der Waals surface area (Å²) < 4.78 is 2.99. The van der Waals surface area contributed by atoms with Gasteiger partial charge in [0.15, 0.2) is 5.82 Å². The minimum atomic E-state index is -0.703. The molecule has 0 aromatic carbocycles. The molecule has 0 radical (unpaired) electrons. The second-order valence-corrected chi connectivity index (χ2v) is 5.32. The van der Waals surface area contributed by atoms with Crippen LogP contribution in [-0.4, -0.2) is 42.2 Å². The molecule has 0 aliphatic rings. The van der Waals surface area contributed by atoms with E-state index >= 15 is 0 Å². The highest BCUT2D eigenvalue weighted by atomic mass is 16.2. The lowest BCUT2D eigenvalue weighted by molar-refractivity contribution is 0.0776. The molecule has 0 fully saturated rings. The largest absolute Gasteiger partial charge is 0.334 e. The zero-order chi connectivity index (χ0) is 16.4. The van der Waals surface area contributed by atoms with E-state index in [-0.39, 0.29) is 18.2 Å².